The number of hydrogen-bond donors (Lipinski definition) is 2. The van der Waals surface area contributed by atoms with E-state index in [-0.39, 0.29) is 18.2 Å². The average molecular weight is 498 g/mol. The van der Waals surface area contributed by atoms with Crippen molar-refractivity contribution in [2.24, 2.45) is 5.16 Å². The standard InChI is InChI=1S/C27H24FN7O2/c1-36-23-8-5-18(6-9-23)16-37-33-14-24-26(29)30-17-31-27(24)34-22-7-10-25-20(12-22)13-32-35(25)15-19-3-2-4-21(28)11-19/h2-14,17H,15-16H2,1H3,(H3,29,30,31,34). The van der Waals surface area contributed by atoms with E-state index in [0.717, 1.165) is 33.5 Å². The molecule has 186 valence electrons. The minimum atomic E-state index is -0.268. The Morgan fingerprint density at radius 2 is 1.92 bits per heavy atom. The number of nitrogen functional groups attached to an aromatic ring is 1. The zero-order valence-corrected chi connectivity index (χ0v) is 20.0. The number of rotatable bonds is 9. The number of ether oxygens (including phenoxy) is 1. The van der Waals surface area contributed by atoms with E-state index in [1.54, 1.807) is 19.4 Å². The van der Waals surface area contributed by atoms with Crippen molar-refractivity contribution in [3.63, 3.8) is 0 Å². The van der Waals surface area contributed by atoms with Crippen molar-refractivity contribution in [1.29, 1.82) is 0 Å². The van der Waals surface area contributed by atoms with Gasteiger partial charge < -0.3 is 20.6 Å². The highest BCUT2D eigenvalue weighted by molar-refractivity contribution is 5.93. The Bertz CT molecular complexity index is 1550. The zero-order chi connectivity index (χ0) is 25.6. The van der Waals surface area contributed by atoms with Crippen LogP contribution < -0.4 is 15.8 Å². The van der Waals surface area contributed by atoms with Gasteiger partial charge in [0.25, 0.3) is 0 Å². The molecule has 37 heavy (non-hydrogen) atoms. The van der Waals surface area contributed by atoms with Gasteiger partial charge in [-0.3, -0.25) is 4.68 Å². The van der Waals surface area contributed by atoms with Crippen molar-refractivity contribution in [3.05, 3.63) is 102 Å². The second kappa shape index (κ2) is 10.7. The third kappa shape index (κ3) is 5.64. The molecule has 0 aliphatic rings. The van der Waals surface area contributed by atoms with Crippen LogP contribution in [0.2, 0.25) is 0 Å². The average Bonchev–Trinajstić information content (AvgIpc) is 3.30. The first-order valence-electron chi connectivity index (χ1n) is 11.4. The van der Waals surface area contributed by atoms with Gasteiger partial charge in [0.2, 0.25) is 0 Å². The van der Waals surface area contributed by atoms with Gasteiger partial charge in [0, 0.05) is 11.1 Å². The highest BCUT2D eigenvalue weighted by Gasteiger charge is 2.10. The molecule has 0 fully saturated rings. The Kier molecular flexibility index (Phi) is 6.89. The van der Waals surface area contributed by atoms with Crippen molar-refractivity contribution < 1.29 is 14.0 Å². The number of benzene rings is 3. The fourth-order valence-corrected chi connectivity index (χ4v) is 3.80. The largest absolute Gasteiger partial charge is 0.497 e. The minimum Gasteiger partial charge on any atom is -0.497 e. The van der Waals surface area contributed by atoms with Crippen LogP contribution in [0.15, 0.2) is 84.4 Å². The molecule has 0 spiro atoms. The van der Waals surface area contributed by atoms with Gasteiger partial charge in [-0.15, -0.1) is 0 Å². The summed E-state index contributed by atoms with van der Waals surface area (Å²) >= 11 is 0. The van der Waals surface area contributed by atoms with Crippen LogP contribution in [0.4, 0.5) is 21.7 Å². The van der Waals surface area contributed by atoms with Gasteiger partial charge >= 0.3 is 0 Å². The van der Waals surface area contributed by atoms with Crippen molar-refractivity contribution in [2.75, 3.05) is 18.2 Å². The Balaban J connectivity index is 1.29. The Hall–Kier alpha value is -4.99. The topological polar surface area (TPSA) is 112 Å². The van der Waals surface area contributed by atoms with Crippen LogP contribution in [0.3, 0.4) is 0 Å². The monoisotopic (exact) mass is 497 g/mol. The normalized spacial score (nSPS) is 11.2. The smallest absolute Gasteiger partial charge is 0.144 e. The molecule has 0 bridgehead atoms. The molecule has 9 nitrogen and oxygen atoms in total. The molecular weight excluding hydrogens is 473 g/mol. The summed E-state index contributed by atoms with van der Waals surface area (Å²) in [7, 11) is 1.62. The van der Waals surface area contributed by atoms with Crippen molar-refractivity contribution >= 4 is 34.4 Å². The zero-order valence-electron chi connectivity index (χ0n) is 20.0. The van der Waals surface area contributed by atoms with E-state index in [9.17, 15) is 4.39 Å². The van der Waals surface area contributed by atoms with E-state index in [4.69, 9.17) is 15.3 Å². The summed E-state index contributed by atoms with van der Waals surface area (Å²) in [4.78, 5) is 13.8. The fraction of sp³-hybridized carbons (Fsp3) is 0.111. The number of fused-ring (bicyclic) bond motifs is 1. The lowest BCUT2D eigenvalue weighted by atomic mass is 10.2. The predicted molar refractivity (Wildman–Crippen MR) is 140 cm³/mol. The van der Waals surface area contributed by atoms with Gasteiger partial charge in [0.05, 0.1) is 37.1 Å². The Morgan fingerprint density at radius 1 is 1.05 bits per heavy atom. The molecule has 3 aromatic carbocycles. The number of nitrogens with zero attached hydrogens (tertiary/aromatic N) is 5. The first kappa shape index (κ1) is 23.7. The number of nitrogens with one attached hydrogen (secondary N) is 1. The van der Waals surface area contributed by atoms with E-state index >= 15 is 0 Å². The first-order chi connectivity index (χ1) is 18.1. The summed E-state index contributed by atoms with van der Waals surface area (Å²) in [6.45, 7) is 0.751. The molecule has 3 N–H and O–H groups in total. The first-order valence-corrected chi connectivity index (χ1v) is 11.4. The molecule has 0 saturated carbocycles. The van der Waals surface area contributed by atoms with E-state index in [0.29, 0.717) is 17.9 Å². The highest BCUT2D eigenvalue weighted by Crippen LogP contribution is 2.25. The highest BCUT2D eigenvalue weighted by atomic mass is 19.1. The van der Waals surface area contributed by atoms with Gasteiger partial charge in [-0.2, -0.15) is 5.10 Å². The summed E-state index contributed by atoms with van der Waals surface area (Å²) in [5.41, 5.74) is 10.1. The second-order valence-electron chi connectivity index (χ2n) is 8.21. The molecule has 0 radical (unpaired) electrons. The van der Waals surface area contributed by atoms with Gasteiger partial charge in [-0.05, 0) is 53.6 Å². The van der Waals surface area contributed by atoms with Crippen molar-refractivity contribution in [2.45, 2.75) is 13.2 Å². The van der Waals surface area contributed by atoms with Crippen LogP contribution in [0.25, 0.3) is 10.9 Å². The van der Waals surface area contributed by atoms with Gasteiger partial charge in [0.15, 0.2) is 0 Å². The number of oxime groups is 1. The number of aromatic nitrogens is 4. The molecule has 0 unspecified atom stereocenters. The van der Waals surface area contributed by atoms with Gasteiger partial charge in [0.1, 0.15) is 36.1 Å². The number of anilines is 3. The quantitative estimate of drug-likeness (QED) is 0.220. The van der Waals surface area contributed by atoms with E-state index in [1.165, 1.54) is 24.7 Å². The Labute approximate surface area is 212 Å². The number of methoxy groups -OCH3 is 1. The molecule has 5 aromatic rings. The van der Waals surface area contributed by atoms with Crippen LogP contribution in [0.1, 0.15) is 16.7 Å². The van der Waals surface area contributed by atoms with Crippen molar-refractivity contribution in [1.82, 2.24) is 19.7 Å². The SMILES string of the molecule is COc1ccc(CON=Cc2c(N)ncnc2Nc2ccc3c(cnn3Cc3cccc(F)c3)c2)cc1. The molecule has 5 rings (SSSR count). The summed E-state index contributed by atoms with van der Waals surface area (Å²) < 4.78 is 20.5. The summed E-state index contributed by atoms with van der Waals surface area (Å²) in [6, 6.07) is 19.8. The van der Waals surface area contributed by atoms with Crippen LogP contribution in [0.5, 0.6) is 5.75 Å². The molecule has 0 atom stereocenters. The van der Waals surface area contributed by atoms with Crippen LogP contribution >= 0.6 is 0 Å². The van der Waals surface area contributed by atoms with Crippen LogP contribution in [-0.2, 0) is 18.0 Å². The number of halogens is 1. The third-order valence-electron chi connectivity index (χ3n) is 5.69. The van der Waals surface area contributed by atoms with Crippen LogP contribution in [-0.4, -0.2) is 33.1 Å². The molecule has 0 saturated heterocycles. The predicted octanol–water partition coefficient (Wildman–Crippen LogP) is 4.90. The van der Waals surface area contributed by atoms with E-state index < -0.39 is 0 Å². The number of hydrogen-bond acceptors (Lipinski definition) is 8. The maximum Gasteiger partial charge on any atom is 0.144 e. The maximum atomic E-state index is 13.6. The summed E-state index contributed by atoms with van der Waals surface area (Å²) in [5.74, 6) is 1.25. The molecule has 2 aromatic heterocycles. The van der Waals surface area contributed by atoms with Crippen molar-refractivity contribution in [3.8, 4) is 5.75 Å². The fourth-order valence-electron chi connectivity index (χ4n) is 3.80. The molecule has 0 aliphatic carbocycles. The van der Waals surface area contributed by atoms with Crippen LogP contribution in [0, 0.1) is 5.82 Å². The molecular formula is C27H24FN7O2. The lowest BCUT2D eigenvalue weighted by molar-refractivity contribution is 0.132. The lowest BCUT2D eigenvalue weighted by Crippen LogP contribution is -2.05. The lowest BCUT2D eigenvalue weighted by Gasteiger charge is -2.10. The number of nitrogens with two attached hydrogens (primary N) is 1. The second-order valence-corrected chi connectivity index (χ2v) is 8.21. The van der Waals surface area contributed by atoms with E-state index in [1.807, 2.05) is 53.2 Å². The minimum absolute atomic E-state index is 0.262. The maximum absolute atomic E-state index is 13.6. The summed E-state index contributed by atoms with van der Waals surface area (Å²) in [5, 5.41) is 12.7. The Morgan fingerprint density at radius 3 is 2.73 bits per heavy atom. The third-order valence-corrected chi connectivity index (χ3v) is 5.69. The summed E-state index contributed by atoms with van der Waals surface area (Å²) in [6.07, 6.45) is 4.63. The molecule has 0 amide bonds. The van der Waals surface area contributed by atoms with Gasteiger partial charge in [-0.25, -0.2) is 14.4 Å². The molecule has 2 heterocycles. The molecule has 10 heteroatoms. The molecule has 0 aliphatic heterocycles. The van der Waals surface area contributed by atoms with E-state index in [2.05, 4.69) is 25.5 Å². The van der Waals surface area contributed by atoms with Gasteiger partial charge in [-0.1, -0.05) is 29.4 Å².